The largest absolute Gasteiger partial charge is 0.368 e. The molecule has 4 aromatic rings. The van der Waals surface area contributed by atoms with Gasteiger partial charge < -0.3 is 9.80 Å². The highest BCUT2D eigenvalue weighted by atomic mass is 32.2. The molecule has 5 rings (SSSR count). The third kappa shape index (κ3) is 5.15. The summed E-state index contributed by atoms with van der Waals surface area (Å²) in [4.78, 5) is 8.92. The monoisotopic (exact) mass is 484 g/mol. The van der Waals surface area contributed by atoms with Crippen LogP contribution in [0.15, 0.2) is 114 Å². The second-order valence-electron chi connectivity index (χ2n) is 8.52. The predicted molar refractivity (Wildman–Crippen MR) is 141 cm³/mol. The maximum atomic E-state index is 13.7. The topological polar surface area (TPSA) is 56.8 Å². The molecule has 3 aromatic carbocycles. The van der Waals surface area contributed by atoms with E-state index in [1.54, 1.807) is 18.3 Å². The first-order valence-electron chi connectivity index (χ1n) is 11.7. The summed E-state index contributed by atoms with van der Waals surface area (Å²) < 4.78 is 28.9. The van der Waals surface area contributed by atoms with Gasteiger partial charge in [-0.25, -0.2) is 8.42 Å². The molecule has 0 spiro atoms. The summed E-state index contributed by atoms with van der Waals surface area (Å²) in [5.41, 5.74) is 3.81. The first kappa shape index (κ1) is 22.9. The molecule has 1 fully saturated rings. The van der Waals surface area contributed by atoms with E-state index in [0.717, 1.165) is 37.4 Å². The van der Waals surface area contributed by atoms with E-state index >= 15 is 0 Å². The van der Waals surface area contributed by atoms with Crippen molar-refractivity contribution in [2.75, 3.05) is 40.3 Å². The Labute approximate surface area is 207 Å². The number of rotatable bonds is 7. The molecular formula is C28H28N4O2S. The Balaban J connectivity index is 1.42. The van der Waals surface area contributed by atoms with Gasteiger partial charge in [0.15, 0.2) is 0 Å². The third-order valence-electron chi connectivity index (χ3n) is 6.28. The quantitative estimate of drug-likeness (QED) is 0.377. The molecule has 0 aliphatic carbocycles. The van der Waals surface area contributed by atoms with Crippen LogP contribution in [0.5, 0.6) is 0 Å². The maximum Gasteiger partial charge on any atom is 0.266 e. The Morgan fingerprint density at radius 2 is 1.34 bits per heavy atom. The Hall–Kier alpha value is -3.84. The van der Waals surface area contributed by atoms with Crippen LogP contribution < -0.4 is 14.1 Å². The van der Waals surface area contributed by atoms with Gasteiger partial charge in [-0.05, 0) is 48.0 Å². The van der Waals surface area contributed by atoms with Crippen molar-refractivity contribution >= 4 is 27.1 Å². The third-order valence-corrected chi connectivity index (χ3v) is 8.03. The lowest BCUT2D eigenvalue weighted by molar-refractivity contribution is 0.590. The summed E-state index contributed by atoms with van der Waals surface area (Å²) >= 11 is 0. The molecule has 0 amide bonds. The normalized spacial score (nSPS) is 14.1. The van der Waals surface area contributed by atoms with Crippen LogP contribution in [0, 0.1) is 0 Å². The van der Waals surface area contributed by atoms with Crippen LogP contribution in [-0.2, 0) is 16.6 Å². The summed E-state index contributed by atoms with van der Waals surface area (Å²) in [6.07, 6.45) is 2.98. The molecule has 6 nitrogen and oxygen atoms in total. The molecule has 1 aliphatic rings. The second kappa shape index (κ2) is 10.2. The Bertz CT molecular complexity index is 1340. The number of sulfonamides is 1. The number of benzene rings is 3. The molecule has 0 saturated carbocycles. The number of hydrogen-bond donors (Lipinski definition) is 0. The van der Waals surface area contributed by atoms with Crippen molar-refractivity contribution in [1.29, 1.82) is 0 Å². The summed E-state index contributed by atoms with van der Waals surface area (Å²) in [5, 5.41) is 0. The van der Waals surface area contributed by atoms with E-state index in [9.17, 15) is 8.42 Å². The number of hydrogen-bond acceptors (Lipinski definition) is 5. The highest BCUT2D eigenvalue weighted by Gasteiger charge is 2.26. The zero-order valence-corrected chi connectivity index (χ0v) is 20.3. The molecule has 0 atom stereocenters. The fraction of sp³-hybridized carbons (Fsp3) is 0.179. The zero-order valence-electron chi connectivity index (χ0n) is 19.4. The summed E-state index contributed by atoms with van der Waals surface area (Å²) in [7, 11) is -3.80. The molecule has 7 heteroatoms. The van der Waals surface area contributed by atoms with Crippen LogP contribution >= 0.6 is 0 Å². The average molecular weight is 485 g/mol. The number of anilines is 3. The highest BCUT2D eigenvalue weighted by Crippen LogP contribution is 2.30. The van der Waals surface area contributed by atoms with Gasteiger partial charge >= 0.3 is 0 Å². The van der Waals surface area contributed by atoms with Gasteiger partial charge in [-0.2, -0.15) is 0 Å². The molecular weight excluding hydrogens is 456 g/mol. The fourth-order valence-electron chi connectivity index (χ4n) is 4.40. The van der Waals surface area contributed by atoms with E-state index in [4.69, 9.17) is 0 Å². The SMILES string of the molecule is O=S(=O)(c1cccnc1)N(Cc1ccccc1)c1cccc(N2CCN(c3ccccc3)CC2)c1. The van der Waals surface area contributed by atoms with Crippen molar-refractivity contribution in [3.05, 3.63) is 115 Å². The lowest BCUT2D eigenvalue weighted by Gasteiger charge is -2.37. The van der Waals surface area contributed by atoms with Gasteiger partial charge in [-0.1, -0.05) is 54.6 Å². The highest BCUT2D eigenvalue weighted by molar-refractivity contribution is 7.92. The van der Waals surface area contributed by atoms with Gasteiger partial charge in [0.2, 0.25) is 0 Å². The zero-order chi connectivity index (χ0) is 24.1. The minimum absolute atomic E-state index is 0.179. The number of pyridine rings is 1. The summed E-state index contributed by atoms with van der Waals surface area (Å²) in [5.74, 6) is 0. The number of piperazine rings is 1. The molecule has 0 radical (unpaired) electrons. The average Bonchev–Trinajstić information content (AvgIpc) is 2.93. The second-order valence-corrected chi connectivity index (χ2v) is 10.4. The minimum atomic E-state index is -3.80. The Kier molecular flexibility index (Phi) is 6.68. The van der Waals surface area contributed by atoms with Gasteiger partial charge in [-0.15, -0.1) is 0 Å². The van der Waals surface area contributed by atoms with Crippen molar-refractivity contribution in [3.63, 3.8) is 0 Å². The molecule has 2 heterocycles. The Morgan fingerprint density at radius 1 is 0.714 bits per heavy atom. The van der Waals surface area contributed by atoms with Crippen molar-refractivity contribution < 1.29 is 8.42 Å². The molecule has 178 valence electrons. The van der Waals surface area contributed by atoms with Gasteiger partial charge in [0.05, 0.1) is 12.2 Å². The molecule has 35 heavy (non-hydrogen) atoms. The van der Waals surface area contributed by atoms with E-state index in [2.05, 4.69) is 45.1 Å². The molecule has 0 bridgehead atoms. The minimum Gasteiger partial charge on any atom is -0.368 e. The number of aromatic nitrogens is 1. The van der Waals surface area contributed by atoms with E-state index in [0.29, 0.717) is 5.69 Å². The molecule has 0 unspecified atom stereocenters. The standard InChI is InChI=1S/C28H28N4O2S/c33-35(34,28-15-8-16-29-22-28)32(23-24-9-3-1-4-10-24)27-14-7-13-26(21-27)31-19-17-30(18-20-31)25-11-5-2-6-12-25/h1-16,21-22H,17-20,23H2. The van der Waals surface area contributed by atoms with Crippen LogP contribution in [0.4, 0.5) is 17.1 Å². The van der Waals surface area contributed by atoms with Crippen molar-refractivity contribution in [1.82, 2.24) is 4.98 Å². The fourth-order valence-corrected chi connectivity index (χ4v) is 5.81. The van der Waals surface area contributed by atoms with Gasteiger partial charge in [-0.3, -0.25) is 9.29 Å². The number of para-hydroxylation sites is 1. The Morgan fingerprint density at radius 3 is 2.00 bits per heavy atom. The van der Waals surface area contributed by atoms with Crippen molar-refractivity contribution in [2.24, 2.45) is 0 Å². The summed E-state index contributed by atoms with van der Waals surface area (Å²) in [6.45, 7) is 3.80. The molecule has 0 N–H and O–H groups in total. The van der Waals surface area contributed by atoms with Gasteiger partial charge in [0.1, 0.15) is 4.90 Å². The molecule has 1 saturated heterocycles. The first-order chi connectivity index (χ1) is 17.1. The lowest BCUT2D eigenvalue weighted by atomic mass is 10.2. The van der Waals surface area contributed by atoms with Crippen LogP contribution in [0.2, 0.25) is 0 Å². The lowest BCUT2D eigenvalue weighted by Crippen LogP contribution is -2.46. The van der Waals surface area contributed by atoms with Crippen LogP contribution in [-0.4, -0.2) is 39.6 Å². The van der Waals surface area contributed by atoms with E-state index < -0.39 is 10.0 Å². The first-order valence-corrected chi connectivity index (χ1v) is 13.2. The smallest absolute Gasteiger partial charge is 0.266 e. The van der Waals surface area contributed by atoms with Gasteiger partial charge in [0, 0.05) is 49.9 Å². The van der Waals surface area contributed by atoms with Crippen LogP contribution in [0.1, 0.15) is 5.56 Å². The van der Waals surface area contributed by atoms with Gasteiger partial charge in [0.25, 0.3) is 10.0 Å². The molecule has 1 aromatic heterocycles. The molecule has 1 aliphatic heterocycles. The van der Waals surface area contributed by atoms with Crippen LogP contribution in [0.25, 0.3) is 0 Å². The summed E-state index contributed by atoms with van der Waals surface area (Å²) in [6, 6.07) is 31.2. The van der Waals surface area contributed by atoms with E-state index in [-0.39, 0.29) is 11.4 Å². The van der Waals surface area contributed by atoms with Crippen molar-refractivity contribution in [3.8, 4) is 0 Å². The number of nitrogens with zero attached hydrogens (tertiary/aromatic N) is 4. The van der Waals surface area contributed by atoms with Crippen molar-refractivity contribution in [2.45, 2.75) is 11.4 Å². The van der Waals surface area contributed by atoms with E-state index in [1.807, 2.05) is 54.6 Å². The van der Waals surface area contributed by atoms with E-state index in [1.165, 1.54) is 16.2 Å². The maximum absolute atomic E-state index is 13.7. The van der Waals surface area contributed by atoms with Crippen LogP contribution in [0.3, 0.4) is 0 Å². The predicted octanol–water partition coefficient (Wildman–Crippen LogP) is 4.80.